The van der Waals surface area contributed by atoms with Crippen molar-refractivity contribution in [2.75, 3.05) is 13.2 Å². The average Bonchev–Trinajstić information content (AvgIpc) is 2.74. The first-order valence-corrected chi connectivity index (χ1v) is 6.13. The van der Waals surface area contributed by atoms with E-state index in [2.05, 4.69) is 0 Å². The van der Waals surface area contributed by atoms with Gasteiger partial charge >= 0.3 is 5.97 Å². The second kappa shape index (κ2) is 5.69. The Labute approximate surface area is 106 Å². The average molecular weight is 247 g/mol. The second-order valence-electron chi connectivity index (χ2n) is 4.10. The number of benzene rings is 1. The first kappa shape index (κ1) is 12.6. The first-order valence-electron chi connectivity index (χ1n) is 6.13. The number of carboxylic acids is 1. The Morgan fingerprint density at radius 2 is 2.17 bits per heavy atom. The number of nitrogens with zero attached hydrogens (tertiary/aromatic N) is 1. The molecule has 0 atom stereocenters. The molecule has 96 valence electrons. The number of para-hydroxylation sites is 1. The van der Waals surface area contributed by atoms with Crippen LogP contribution in [0.3, 0.4) is 0 Å². The largest absolute Gasteiger partial charge is 0.477 e. The Morgan fingerprint density at radius 1 is 1.39 bits per heavy atom. The van der Waals surface area contributed by atoms with E-state index in [9.17, 15) is 9.90 Å². The molecular weight excluding hydrogens is 230 g/mol. The zero-order valence-corrected chi connectivity index (χ0v) is 10.4. The summed E-state index contributed by atoms with van der Waals surface area (Å²) in [5, 5.41) is 10.2. The third kappa shape index (κ3) is 2.54. The lowest BCUT2D eigenvalue weighted by molar-refractivity contribution is 0.0684. The maximum atomic E-state index is 11.2. The minimum Gasteiger partial charge on any atom is -0.477 e. The number of rotatable bonds is 6. The molecule has 1 N–H and O–H groups in total. The molecule has 4 heteroatoms. The molecule has 2 aromatic rings. The minimum absolute atomic E-state index is 0.340. The topological polar surface area (TPSA) is 51.5 Å². The fourth-order valence-electron chi connectivity index (χ4n) is 2.10. The summed E-state index contributed by atoms with van der Waals surface area (Å²) in [6, 6.07) is 9.44. The van der Waals surface area contributed by atoms with Gasteiger partial charge in [-0.3, -0.25) is 0 Å². The molecule has 0 bridgehead atoms. The fourth-order valence-corrected chi connectivity index (χ4v) is 2.10. The quantitative estimate of drug-likeness (QED) is 0.798. The van der Waals surface area contributed by atoms with Crippen LogP contribution in [0.4, 0.5) is 0 Å². The second-order valence-corrected chi connectivity index (χ2v) is 4.10. The van der Waals surface area contributed by atoms with E-state index in [4.69, 9.17) is 4.74 Å². The Bertz CT molecular complexity index is 545. The molecule has 4 nitrogen and oxygen atoms in total. The molecule has 0 radical (unpaired) electrons. The number of hydrogen-bond donors (Lipinski definition) is 1. The number of ether oxygens (including phenoxy) is 1. The van der Waals surface area contributed by atoms with Crippen LogP contribution in [0.2, 0.25) is 0 Å². The highest BCUT2D eigenvalue weighted by Crippen LogP contribution is 2.20. The van der Waals surface area contributed by atoms with Crippen LogP contribution in [0, 0.1) is 0 Å². The molecule has 0 spiro atoms. The van der Waals surface area contributed by atoms with E-state index in [1.807, 2.05) is 35.8 Å². The molecule has 0 saturated carbocycles. The van der Waals surface area contributed by atoms with Crippen molar-refractivity contribution in [3.05, 3.63) is 36.0 Å². The summed E-state index contributed by atoms with van der Waals surface area (Å²) < 4.78 is 7.13. The van der Waals surface area contributed by atoms with Crippen LogP contribution in [0.25, 0.3) is 10.9 Å². The molecule has 0 unspecified atom stereocenters. The van der Waals surface area contributed by atoms with Gasteiger partial charge in [0, 0.05) is 30.7 Å². The van der Waals surface area contributed by atoms with E-state index >= 15 is 0 Å². The molecule has 2 rings (SSSR count). The molecule has 0 aliphatic heterocycles. The summed E-state index contributed by atoms with van der Waals surface area (Å²) in [7, 11) is 0. The van der Waals surface area contributed by atoms with Gasteiger partial charge in [0.2, 0.25) is 0 Å². The Kier molecular flexibility index (Phi) is 3.99. The van der Waals surface area contributed by atoms with Crippen LogP contribution in [-0.4, -0.2) is 28.9 Å². The van der Waals surface area contributed by atoms with Gasteiger partial charge in [0.1, 0.15) is 5.69 Å². The van der Waals surface area contributed by atoms with Gasteiger partial charge in [-0.15, -0.1) is 0 Å². The van der Waals surface area contributed by atoms with Gasteiger partial charge in [0.05, 0.1) is 0 Å². The first-order chi connectivity index (χ1) is 8.74. The molecule has 18 heavy (non-hydrogen) atoms. The number of aromatic nitrogens is 1. The molecule has 0 aliphatic carbocycles. The monoisotopic (exact) mass is 247 g/mol. The van der Waals surface area contributed by atoms with Crippen molar-refractivity contribution < 1.29 is 14.6 Å². The molecular formula is C14H17NO3. The van der Waals surface area contributed by atoms with Crippen molar-refractivity contribution >= 4 is 16.9 Å². The highest BCUT2D eigenvalue weighted by Gasteiger charge is 2.13. The number of aromatic carboxylic acids is 1. The maximum absolute atomic E-state index is 11.2. The van der Waals surface area contributed by atoms with Crippen LogP contribution < -0.4 is 0 Å². The summed E-state index contributed by atoms with van der Waals surface area (Å²) in [6.45, 7) is 3.96. The zero-order valence-electron chi connectivity index (χ0n) is 10.4. The number of fused-ring (bicyclic) bond motifs is 1. The molecule has 1 aromatic heterocycles. The van der Waals surface area contributed by atoms with E-state index in [-0.39, 0.29) is 0 Å². The van der Waals surface area contributed by atoms with Crippen LogP contribution in [0.1, 0.15) is 23.8 Å². The van der Waals surface area contributed by atoms with Gasteiger partial charge < -0.3 is 14.4 Å². The fraction of sp³-hybridized carbons (Fsp3) is 0.357. The lowest BCUT2D eigenvalue weighted by atomic mass is 10.2. The smallest absolute Gasteiger partial charge is 0.352 e. The highest BCUT2D eigenvalue weighted by atomic mass is 16.5. The van der Waals surface area contributed by atoms with Crippen LogP contribution in [0.5, 0.6) is 0 Å². The van der Waals surface area contributed by atoms with Gasteiger partial charge in [-0.05, 0) is 25.5 Å². The zero-order chi connectivity index (χ0) is 13.0. The number of carbonyl (C=O) groups is 1. The molecule has 0 fully saturated rings. The summed E-state index contributed by atoms with van der Waals surface area (Å²) in [6.07, 6.45) is 0.812. The van der Waals surface area contributed by atoms with Gasteiger partial charge in [-0.25, -0.2) is 4.79 Å². The molecule has 1 aromatic carbocycles. The van der Waals surface area contributed by atoms with E-state index < -0.39 is 5.97 Å². The standard InChI is InChI=1S/C14H17NO3/c1-2-18-9-5-8-15-12-7-4-3-6-11(12)10-13(15)14(16)17/h3-4,6-7,10H,2,5,8-9H2,1H3,(H,16,17). The van der Waals surface area contributed by atoms with Crippen LogP contribution >= 0.6 is 0 Å². The number of carboxylic acid groups (broad SMARTS) is 1. The summed E-state index contributed by atoms with van der Waals surface area (Å²) in [5.41, 5.74) is 1.30. The predicted molar refractivity (Wildman–Crippen MR) is 70.0 cm³/mol. The predicted octanol–water partition coefficient (Wildman–Crippen LogP) is 2.77. The van der Waals surface area contributed by atoms with Crippen molar-refractivity contribution in [1.29, 1.82) is 0 Å². The van der Waals surface area contributed by atoms with Crippen molar-refractivity contribution in [2.45, 2.75) is 19.9 Å². The van der Waals surface area contributed by atoms with Gasteiger partial charge in [-0.2, -0.15) is 0 Å². The molecule has 0 saturated heterocycles. The van der Waals surface area contributed by atoms with Crippen molar-refractivity contribution in [1.82, 2.24) is 4.57 Å². The SMILES string of the molecule is CCOCCCn1c(C(=O)O)cc2ccccc21. The Balaban J connectivity index is 2.27. The van der Waals surface area contributed by atoms with Crippen molar-refractivity contribution in [3.63, 3.8) is 0 Å². The third-order valence-corrected chi connectivity index (χ3v) is 2.90. The van der Waals surface area contributed by atoms with Crippen molar-refractivity contribution in [2.24, 2.45) is 0 Å². The van der Waals surface area contributed by atoms with E-state index in [1.54, 1.807) is 6.07 Å². The molecule has 1 heterocycles. The summed E-state index contributed by atoms with van der Waals surface area (Å²) in [4.78, 5) is 11.2. The van der Waals surface area contributed by atoms with E-state index in [1.165, 1.54) is 0 Å². The van der Waals surface area contributed by atoms with E-state index in [0.717, 1.165) is 17.3 Å². The Hall–Kier alpha value is -1.81. The van der Waals surface area contributed by atoms with E-state index in [0.29, 0.717) is 25.5 Å². The number of aryl methyl sites for hydroxylation is 1. The maximum Gasteiger partial charge on any atom is 0.352 e. The minimum atomic E-state index is -0.886. The molecule has 0 amide bonds. The lowest BCUT2D eigenvalue weighted by Crippen LogP contribution is -2.10. The Morgan fingerprint density at radius 3 is 2.89 bits per heavy atom. The van der Waals surface area contributed by atoms with Gasteiger partial charge in [0.15, 0.2) is 0 Å². The van der Waals surface area contributed by atoms with Gasteiger partial charge in [0.25, 0.3) is 0 Å². The number of hydrogen-bond acceptors (Lipinski definition) is 2. The summed E-state index contributed by atoms with van der Waals surface area (Å²) in [5.74, 6) is -0.886. The normalized spacial score (nSPS) is 10.9. The van der Waals surface area contributed by atoms with Crippen LogP contribution in [-0.2, 0) is 11.3 Å². The lowest BCUT2D eigenvalue weighted by Gasteiger charge is -2.08. The molecule has 0 aliphatic rings. The van der Waals surface area contributed by atoms with Gasteiger partial charge in [-0.1, -0.05) is 18.2 Å². The summed E-state index contributed by atoms with van der Waals surface area (Å²) >= 11 is 0. The highest BCUT2D eigenvalue weighted by molar-refractivity contribution is 5.94. The van der Waals surface area contributed by atoms with Crippen molar-refractivity contribution in [3.8, 4) is 0 Å². The third-order valence-electron chi connectivity index (χ3n) is 2.90. The van der Waals surface area contributed by atoms with Crippen LogP contribution in [0.15, 0.2) is 30.3 Å².